The van der Waals surface area contributed by atoms with E-state index < -0.39 is 5.82 Å². The van der Waals surface area contributed by atoms with Crippen LogP contribution in [0.25, 0.3) is 0 Å². The Kier molecular flexibility index (Phi) is 4.72. The zero-order chi connectivity index (χ0) is 14.7. The summed E-state index contributed by atoms with van der Waals surface area (Å²) in [5.41, 5.74) is 0.200. The summed E-state index contributed by atoms with van der Waals surface area (Å²) in [5.74, 6) is -0.393. The molecule has 0 spiro atoms. The van der Waals surface area contributed by atoms with E-state index in [1.807, 2.05) is 0 Å². The lowest BCUT2D eigenvalue weighted by molar-refractivity contribution is 0.300. The fourth-order valence-corrected chi connectivity index (χ4v) is 2.52. The smallest absolute Gasteiger partial charge is 0.157 e. The van der Waals surface area contributed by atoms with E-state index in [2.05, 4.69) is 0 Å². The van der Waals surface area contributed by atoms with E-state index in [-0.39, 0.29) is 33.5 Å². The molecule has 2 rings (SSSR count). The molecule has 2 aromatic carbocycles. The molecule has 0 bridgehead atoms. The monoisotopic (exact) mass is 329 g/mol. The number of halogens is 4. The van der Waals surface area contributed by atoms with Crippen molar-refractivity contribution in [3.63, 3.8) is 0 Å². The molecule has 2 aromatic rings. The maximum absolute atomic E-state index is 13.9. The van der Waals surface area contributed by atoms with Gasteiger partial charge in [0.05, 0.1) is 15.6 Å². The van der Waals surface area contributed by atoms with Crippen molar-refractivity contribution in [2.75, 3.05) is 0 Å². The molecule has 0 amide bonds. The summed E-state index contributed by atoms with van der Waals surface area (Å²) in [5, 5.41) is 9.61. The van der Waals surface area contributed by atoms with Crippen molar-refractivity contribution in [3.8, 4) is 11.8 Å². The fraction of sp³-hybridized carbons (Fsp3) is 0.0714. The Hall–Kier alpha value is -1.47. The van der Waals surface area contributed by atoms with E-state index >= 15 is 0 Å². The molecular formula is C14H7Cl3FNO. The molecule has 20 heavy (non-hydrogen) atoms. The highest BCUT2D eigenvalue weighted by Crippen LogP contribution is 2.36. The lowest BCUT2D eigenvalue weighted by Gasteiger charge is -2.11. The van der Waals surface area contributed by atoms with Gasteiger partial charge in [0.15, 0.2) is 5.75 Å². The molecule has 2 nitrogen and oxygen atoms in total. The van der Waals surface area contributed by atoms with Crippen molar-refractivity contribution in [2.45, 2.75) is 6.61 Å². The number of benzene rings is 2. The summed E-state index contributed by atoms with van der Waals surface area (Å²) in [7, 11) is 0. The van der Waals surface area contributed by atoms with Crippen LogP contribution in [0.2, 0.25) is 15.1 Å². The molecule has 0 unspecified atom stereocenters. The van der Waals surface area contributed by atoms with E-state index in [9.17, 15) is 4.39 Å². The van der Waals surface area contributed by atoms with Crippen LogP contribution in [0.5, 0.6) is 5.75 Å². The van der Waals surface area contributed by atoms with Crippen molar-refractivity contribution < 1.29 is 9.13 Å². The normalized spacial score (nSPS) is 10.2. The molecule has 0 saturated carbocycles. The largest absolute Gasteiger partial charge is 0.486 e. The van der Waals surface area contributed by atoms with Crippen LogP contribution in [0.3, 0.4) is 0 Å². The van der Waals surface area contributed by atoms with Gasteiger partial charge in [-0.15, -0.1) is 0 Å². The Balaban J connectivity index is 2.24. The van der Waals surface area contributed by atoms with E-state index in [0.29, 0.717) is 5.02 Å². The minimum absolute atomic E-state index is 0.0422. The number of rotatable bonds is 3. The average Bonchev–Trinajstić information content (AvgIpc) is 2.39. The second-order valence-electron chi connectivity index (χ2n) is 3.88. The highest BCUT2D eigenvalue weighted by Gasteiger charge is 2.12. The van der Waals surface area contributed by atoms with Gasteiger partial charge in [-0.25, -0.2) is 4.39 Å². The number of hydrogen-bond donors (Lipinski definition) is 0. The zero-order valence-electron chi connectivity index (χ0n) is 9.96. The lowest BCUT2D eigenvalue weighted by Crippen LogP contribution is -2.01. The number of nitrogens with zero attached hydrogens (tertiary/aromatic N) is 1. The van der Waals surface area contributed by atoms with Gasteiger partial charge in [-0.3, -0.25) is 0 Å². The van der Waals surface area contributed by atoms with Crippen LogP contribution in [0.15, 0.2) is 30.3 Å². The van der Waals surface area contributed by atoms with Gasteiger partial charge >= 0.3 is 0 Å². The van der Waals surface area contributed by atoms with E-state index in [0.717, 1.165) is 0 Å². The molecule has 0 heterocycles. The standard InChI is InChI=1S/C14H7Cl3FNO/c15-10-4-11(16)14(12(17)5-10)20-7-9-3-1-2-8(6-19)13(9)18/h1-5H,7H2. The average molecular weight is 331 g/mol. The topological polar surface area (TPSA) is 33.0 Å². The molecule has 0 aromatic heterocycles. The minimum atomic E-state index is -0.615. The zero-order valence-corrected chi connectivity index (χ0v) is 12.2. The molecule has 0 fully saturated rings. The van der Waals surface area contributed by atoms with E-state index in [4.69, 9.17) is 44.8 Å². The maximum atomic E-state index is 13.9. The second kappa shape index (κ2) is 6.32. The SMILES string of the molecule is N#Cc1cccc(COc2c(Cl)cc(Cl)cc2Cl)c1F. The first-order valence-corrected chi connectivity index (χ1v) is 6.61. The van der Waals surface area contributed by atoms with Crippen molar-refractivity contribution in [1.29, 1.82) is 5.26 Å². The van der Waals surface area contributed by atoms with Crippen LogP contribution in [-0.2, 0) is 6.61 Å². The van der Waals surface area contributed by atoms with E-state index in [1.54, 1.807) is 12.1 Å². The first-order chi connectivity index (χ1) is 9.52. The van der Waals surface area contributed by atoms with Crippen molar-refractivity contribution >= 4 is 34.8 Å². The maximum Gasteiger partial charge on any atom is 0.157 e. The summed E-state index contributed by atoms with van der Waals surface area (Å²) in [6.45, 7) is -0.0948. The quantitative estimate of drug-likeness (QED) is 0.771. The Labute approximate surface area is 130 Å². The molecule has 6 heteroatoms. The Bertz CT molecular complexity index is 674. The number of ether oxygens (including phenoxy) is 1. The van der Waals surface area contributed by atoms with Crippen LogP contribution in [0, 0.1) is 17.1 Å². The minimum Gasteiger partial charge on any atom is -0.486 e. The van der Waals surface area contributed by atoms with Crippen LogP contribution in [0.1, 0.15) is 11.1 Å². The van der Waals surface area contributed by atoms with Gasteiger partial charge in [0.25, 0.3) is 0 Å². The molecule has 0 atom stereocenters. The van der Waals surface area contributed by atoms with Gasteiger partial charge in [-0.2, -0.15) is 5.26 Å². The summed E-state index contributed by atoms with van der Waals surface area (Å²) >= 11 is 17.7. The lowest BCUT2D eigenvalue weighted by atomic mass is 10.1. The van der Waals surface area contributed by atoms with Crippen LogP contribution >= 0.6 is 34.8 Å². The van der Waals surface area contributed by atoms with Crippen LogP contribution < -0.4 is 4.74 Å². The van der Waals surface area contributed by atoms with Crippen molar-refractivity contribution in [2.24, 2.45) is 0 Å². The molecule has 0 radical (unpaired) electrons. The Morgan fingerprint density at radius 3 is 2.40 bits per heavy atom. The highest BCUT2D eigenvalue weighted by atomic mass is 35.5. The van der Waals surface area contributed by atoms with Gasteiger partial charge in [-0.1, -0.05) is 46.9 Å². The third-order valence-electron chi connectivity index (χ3n) is 2.53. The summed E-state index contributed by atoms with van der Waals surface area (Å²) in [6.07, 6.45) is 0. The Morgan fingerprint density at radius 2 is 1.80 bits per heavy atom. The van der Waals surface area contributed by atoms with Crippen molar-refractivity contribution in [1.82, 2.24) is 0 Å². The van der Waals surface area contributed by atoms with E-state index in [1.165, 1.54) is 24.3 Å². The molecule has 0 saturated heterocycles. The van der Waals surface area contributed by atoms with Gasteiger partial charge in [0.1, 0.15) is 18.5 Å². The summed E-state index contributed by atoms with van der Waals surface area (Å²) in [6, 6.07) is 9.21. The van der Waals surface area contributed by atoms with Gasteiger partial charge in [0, 0.05) is 10.6 Å². The third kappa shape index (κ3) is 3.16. The molecular weight excluding hydrogens is 324 g/mol. The highest BCUT2D eigenvalue weighted by molar-refractivity contribution is 6.40. The molecule has 0 aliphatic heterocycles. The molecule has 0 N–H and O–H groups in total. The summed E-state index contributed by atoms with van der Waals surface area (Å²) < 4.78 is 19.3. The first kappa shape index (κ1) is 14.9. The predicted octanol–water partition coefficient (Wildman–Crippen LogP) is 5.24. The summed E-state index contributed by atoms with van der Waals surface area (Å²) in [4.78, 5) is 0. The second-order valence-corrected chi connectivity index (χ2v) is 5.13. The van der Waals surface area contributed by atoms with Crippen LogP contribution in [-0.4, -0.2) is 0 Å². The van der Waals surface area contributed by atoms with Gasteiger partial charge in [-0.05, 0) is 18.2 Å². The molecule has 0 aliphatic carbocycles. The molecule has 102 valence electrons. The third-order valence-corrected chi connectivity index (χ3v) is 3.31. The number of nitriles is 1. The predicted molar refractivity (Wildman–Crippen MR) is 76.9 cm³/mol. The van der Waals surface area contributed by atoms with Crippen molar-refractivity contribution in [3.05, 3.63) is 62.3 Å². The molecule has 0 aliphatic rings. The number of hydrogen-bond acceptors (Lipinski definition) is 2. The van der Waals surface area contributed by atoms with Crippen LogP contribution in [0.4, 0.5) is 4.39 Å². The fourth-order valence-electron chi connectivity index (χ4n) is 1.59. The first-order valence-electron chi connectivity index (χ1n) is 5.47. The Morgan fingerprint density at radius 1 is 1.15 bits per heavy atom. The van der Waals surface area contributed by atoms with Gasteiger partial charge < -0.3 is 4.74 Å². The van der Waals surface area contributed by atoms with Gasteiger partial charge in [0.2, 0.25) is 0 Å².